The van der Waals surface area contributed by atoms with Gasteiger partial charge in [0.2, 0.25) is 5.69 Å². The van der Waals surface area contributed by atoms with Crippen LogP contribution in [-0.4, -0.2) is 43.7 Å². The van der Waals surface area contributed by atoms with E-state index in [-0.39, 0.29) is 11.7 Å². The Kier molecular flexibility index (Phi) is 5.21. The van der Waals surface area contributed by atoms with Gasteiger partial charge in [0.1, 0.15) is 0 Å². The third-order valence-electron chi connectivity index (χ3n) is 7.80. The lowest BCUT2D eigenvalue weighted by Crippen LogP contribution is -2.59. The number of piperidine rings is 2. The standard InChI is InChI=1S/C25H31N3O3/c1-15-7-5-8-16(2)23(15)27-17-9-6-10-18(27)14-19(13-17)28-21-12-4-3-11-20(21)26-22(24(28)29)25(30)31/h3-4,11-12,16-19,23H,1,5-10,13-14H2,2H3,(H,30,31)/t16?,17-,18+,19+,23-/m0/s1. The van der Waals surface area contributed by atoms with Crippen LogP contribution in [0.3, 0.4) is 0 Å². The predicted molar refractivity (Wildman–Crippen MR) is 120 cm³/mol. The Balaban J connectivity index is 1.55. The minimum atomic E-state index is -1.26. The Morgan fingerprint density at radius 3 is 2.48 bits per heavy atom. The lowest BCUT2D eigenvalue weighted by atomic mass is 9.74. The summed E-state index contributed by atoms with van der Waals surface area (Å²) in [5.74, 6) is -0.640. The fraction of sp³-hybridized carbons (Fsp3) is 0.560. The SMILES string of the molecule is C=C1CCCC(C)[C@H]1N1[C@@H]2CCC[C@H]1C[C@@H](n1c(=O)c(C(=O)O)nc3ccccc31)C2. The molecule has 164 valence electrons. The van der Waals surface area contributed by atoms with E-state index in [0.717, 1.165) is 37.6 Å². The molecule has 1 N–H and O–H groups in total. The van der Waals surface area contributed by atoms with E-state index < -0.39 is 11.5 Å². The maximum atomic E-state index is 13.2. The van der Waals surface area contributed by atoms with Crippen LogP contribution in [0, 0.1) is 5.92 Å². The summed E-state index contributed by atoms with van der Waals surface area (Å²) >= 11 is 0. The Morgan fingerprint density at radius 2 is 1.81 bits per heavy atom. The molecule has 0 spiro atoms. The minimum Gasteiger partial charge on any atom is -0.476 e. The first-order chi connectivity index (χ1) is 15.0. The van der Waals surface area contributed by atoms with E-state index in [9.17, 15) is 14.7 Å². The van der Waals surface area contributed by atoms with Crippen LogP contribution >= 0.6 is 0 Å². The Hall–Kier alpha value is -2.47. The van der Waals surface area contributed by atoms with Crippen molar-refractivity contribution in [2.24, 2.45) is 5.92 Å². The van der Waals surface area contributed by atoms with E-state index in [1.165, 1.54) is 24.8 Å². The molecule has 5 rings (SSSR count). The van der Waals surface area contributed by atoms with Gasteiger partial charge in [-0.2, -0.15) is 0 Å². The monoisotopic (exact) mass is 421 g/mol. The van der Waals surface area contributed by atoms with Crippen LogP contribution in [0.1, 0.15) is 74.8 Å². The Labute approximate surface area is 182 Å². The third kappa shape index (κ3) is 3.41. The van der Waals surface area contributed by atoms with E-state index in [1.54, 1.807) is 10.6 Å². The summed E-state index contributed by atoms with van der Waals surface area (Å²) in [6, 6.07) is 8.67. The smallest absolute Gasteiger partial charge is 0.360 e. The van der Waals surface area contributed by atoms with E-state index in [2.05, 4.69) is 23.4 Å². The largest absolute Gasteiger partial charge is 0.476 e. The van der Waals surface area contributed by atoms with Gasteiger partial charge in [-0.1, -0.05) is 37.6 Å². The molecule has 2 bridgehead atoms. The zero-order valence-electron chi connectivity index (χ0n) is 18.2. The number of aromatic nitrogens is 2. The van der Waals surface area contributed by atoms with E-state index in [0.29, 0.717) is 29.6 Å². The maximum absolute atomic E-state index is 13.2. The van der Waals surface area contributed by atoms with E-state index in [4.69, 9.17) is 0 Å². The maximum Gasteiger partial charge on any atom is 0.360 e. The Bertz CT molecular complexity index is 1080. The van der Waals surface area contributed by atoms with Crippen molar-refractivity contribution in [2.45, 2.75) is 82.5 Å². The molecule has 31 heavy (non-hydrogen) atoms. The molecule has 1 aromatic carbocycles. The van der Waals surface area contributed by atoms with Gasteiger partial charge >= 0.3 is 5.97 Å². The van der Waals surface area contributed by atoms with Gasteiger partial charge in [0.25, 0.3) is 5.56 Å². The first kappa shape index (κ1) is 20.4. The summed E-state index contributed by atoms with van der Waals surface area (Å²) in [6.07, 6.45) is 8.83. The third-order valence-corrected chi connectivity index (χ3v) is 7.80. The number of aromatic carboxylic acids is 1. The summed E-state index contributed by atoms with van der Waals surface area (Å²) in [4.78, 5) is 31.8. The van der Waals surface area contributed by atoms with Gasteiger partial charge in [-0.05, 0) is 63.0 Å². The summed E-state index contributed by atoms with van der Waals surface area (Å²) in [7, 11) is 0. The van der Waals surface area contributed by atoms with Crippen molar-refractivity contribution in [2.75, 3.05) is 0 Å². The number of hydrogen-bond donors (Lipinski definition) is 1. The molecule has 3 fully saturated rings. The van der Waals surface area contributed by atoms with Crippen LogP contribution in [0.2, 0.25) is 0 Å². The van der Waals surface area contributed by atoms with Crippen LogP contribution in [0.15, 0.2) is 41.2 Å². The van der Waals surface area contributed by atoms with Crippen molar-refractivity contribution in [3.05, 3.63) is 52.5 Å². The second kappa shape index (κ2) is 7.90. The first-order valence-electron chi connectivity index (χ1n) is 11.7. The molecule has 5 atom stereocenters. The molecule has 3 heterocycles. The highest BCUT2D eigenvalue weighted by molar-refractivity contribution is 5.88. The van der Waals surface area contributed by atoms with Crippen molar-refractivity contribution in [3.8, 4) is 0 Å². The molecular weight excluding hydrogens is 390 g/mol. The zero-order chi connectivity index (χ0) is 21.7. The molecule has 6 heteroatoms. The summed E-state index contributed by atoms with van der Waals surface area (Å²) in [5, 5.41) is 9.59. The molecular formula is C25H31N3O3. The molecule has 2 aliphatic heterocycles. The summed E-state index contributed by atoms with van der Waals surface area (Å²) in [6.45, 7) is 6.80. The highest BCUT2D eigenvalue weighted by Gasteiger charge is 2.45. The second-order valence-corrected chi connectivity index (χ2v) is 9.71. The molecule has 1 aliphatic carbocycles. The topological polar surface area (TPSA) is 75.4 Å². The van der Waals surface area contributed by atoms with E-state index >= 15 is 0 Å². The van der Waals surface area contributed by atoms with Gasteiger partial charge in [-0.25, -0.2) is 9.78 Å². The number of benzene rings is 1. The van der Waals surface area contributed by atoms with Crippen molar-refractivity contribution in [1.82, 2.24) is 14.5 Å². The summed E-state index contributed by atoms with van der Waals surface area (Å²) < 4.78 is 1.74. The van der Waals surface area contributed by atoms with Gasteiger partial charge in [0, 0.05) is 24.2 Å². The molecule has 1 unspecified atom stereocenters. The van der Waals surface area contributed by atoms with Gasteiger partial charge in [0.15, 0.2) is 0 Å². The van der Waals surface area contributed by atoms with Crippen LogP contribution in [0.25, 0.3) is 11.0 Å². The lowest BCUT2D eigenvalue weighted by Gasteiger charge is -2.55. The molecule has 2 saturated heterocycles. The van der Waals surface area contributed by atoms with Crippen molar-refractivity contribution in [1.29, 1.82) is 0 Å². The fourth-order valence-electron chi connectivity index (χ4n) is 6.57. The molecule has 0 amide bonds. The molecule has 3 aliphatic rings. The molecule has 6 nitrogen and oxygen atoms in total. The number of carboxylic acid groups (broad SMARTS) is 1. The minimum absolute atomic E-state index is 0.00258. The highest BCUT2D eigenvalue weighted by atomic mass is 16.4. The lowest BCUT2D eigenvalue weighted by molar-refractivity contribution is -0.0273. The van der Waals surface area contributed by atoms with Crippen molar-refractivity contribution >= 4 is 17.0 Å². The second-order valence-electron chi connectivity index (χ2n) is 9.71. The average Bonchev–Trinajstić information content (AvgIpc) is 2.73. The van der Waals surface area contributed by atoms with Gasteiger partial charge in [0.05, 0.1) is 11.0 Å². The Morgan fingerprint density at radius 1 is 1.10 bits per heavy atom. The molecule has 2 aromatic rings. The van der Waals surface area contributed by atoms with Gasteiger partial charge in [-0.3, -0.25) is 9.69 Å². The number of carboxylic acids is 1. The van der Waals surface area contributed by atoms with Crippen LogP contribution in [-0.2, 0) is 0 Å². The van der Waals surface area contributed by atoms with Crippen molar-refractivity contribution in [3.63, 3.8) is 0 Å². The summed E-state index contributed by atoms with van der Waals surface area (Å²) in [5.41, 5.74) is 1.83. The van der Waals surface area contributed by atoms with Crippen LogP contribution < -0.4 is 5.56 Å². The quantitative estimate of drug-likeness (QED) is 0.744. The number of hydrogen-bond acceptors (Lipinski definition) is 4. The van der Waals surface area contributed by atoms with Gasteiger partial charge in [-0.15, -0.1) is 0 Å². The normalized spacial score (nSPS) is 31.6. The number of fused-ring (bicyclic) bond motifs is 3. The number of para-hydroxylation sites is 2. The number of rotatable bonds is 3. The zero-order valence-corrected chi connectivity index (χ0v) is 18.2. The van der Waals surface area contributed by atoms with Crippen LogP contribution in [0.5, 0.6) is 0 Å². The molecule has 0 radical (unpaired) electrons. The molecule has 1 saturated carbocycles. The van der Waals surface area contributed by atoms with Crippen molar-refractivity contribution < 1.29 is 9.90 Å². The molecule has 1 aromatic heterocycles. The van der Waals surface area contributed by atoms with E-state index in [1.807, 2.05) is 18.2 Å². The fourth-order valence-corrected chi connectivity index (χ4v) is 6.57. The number of nitrogens with zero attached hydrogens (tertiary/aromatic N) is 3. The van der Waals surface area contributed by atoms with Gasteiger partial charge < -0.3 is 9.67 Å². The highest BCUT2D eigenvalue weighted by Crippen LogP contribution is 2.45. The number of carbonyl (C=O) groups is 1. The first-order valence-corrected chi connectivity index (χ1v) is 11.7. The predicted octanol–water partition coefficient (Wildman–Crippen LogP) is 4.40. The average molecular weight is 422 g/mol. The van der Waals surface area contributed by atoms with Crippen LogP contribution in [0.4, 0.5) is 0 Å².